The van der Waals surface area contributed by atoms with Gasteiger partial charge in [-0.2, -0.15) is 0 Å². The van der Waals surface area contributed by atoms with E-state index in [1.807, 2.05) is 5.82 Å². The molecule has 3 nitrogen and oxygen atoms in total. The Kier molecular flexibility index (Phi) is 3.95. The molecule has 0 aromatic heterocycles. The summed E-state index contributed by atoms with van der Waals surface area (Å²) in [4.78, 5) is 0. The molecule has 0 N–H and O–H groups in total. The van der Waals surface area contributed by atoms with Crippen molar-refractivity contribution >= 4 is 20.8 Å². The molecule has 8 heavy (non-hydrogen) atoms. The van der Waals surface area contributed by atoms with Gasteiger partial charge in [0.1, 0.15) is 0 Å². The summed E-state index contributed by atoms with van der Waals surface area (Å²) in [5.41, 5.74) is 0. The van der Waals surface area contributed by atoms with Crippen LogP contribution in [0, 0.1) is 0 Å². The van der Waals surface area contributed by atoms with Crippen molar-refractivity contribution in [3.8, 4) is 0 Å². The van der Waals surface area contributed by atoms with Crippen LogP contribution in [0.5, 0.6) is 0 Å². The predicted octanol–water partition coefficient (Wildman–Crippen LogP) is 1.14. The second-order valence-electron chi connectivity index (χ2n) is 0.995. The topological polar surface area (TPSA) is 35.5 Å². The zero-order valence-electron chi connectivity index (χ0n) is 5.08. The fourth-order valence-corrected chi connectivity index (χ4v) is 2.55. The monoisotopic (exact) mass is 204 g/mol. The normalized spacial score (nSPS) is 11.9. The fraction of sp³-hybridized carbons (Fsp3) is 1.00. The Morgan fingerprint density at radius 1 is 1.38 bits per heavy atom. The van der Waals surface area contributed by atoms with Gasteiger partial charge >= 0.3 is 54.5 Å². The van der Waals surface area contributed by atoms with Crippen LogP contribution in [0.25, 0.3) is 0 Å². The summed E-state index contributed by atoms with van der Waals surface area (Å²) in [5, 5.41) is 0. The van der Waals surface area contributed by atoms with Gasteiger partial charge in [-0.25, -0.2) is 0 Å². The van der Waals surface area contributed by atoms with Crippen molar-refractivity contribution in [3.05, 3.63) is 0 Å². The van der Waals surface area contributed by atoms with Crippen molar-refractivity contribution < 1.29 is 13.6 Å². The van der Waals surface area contributed by atoms with Crippen LogP contribution >= 0.6 is 6.29 Å². The minimum atomic E-state index is -2.60. The predicted molar refractivity (Wildman–Crippen MR) is 33.2 cm³/mol. The van der Waals surface area contributed by atoms with E-state index in [2.05, 4.69) is 9.05 Å². The Hall–Kier alpha value is 0.669. The first-order valence-electron chi connectivity index (χ1n) is 1.96. The van der Waals surface area contributed by atoms with Crippen molar-refractivity contribution in [1.82, 2.24) is 0 Å². The molecular formula is C3H9O3PSe. The van der Waals surface area contributed by atoms with E-state index < -0.39 is 6.29 Å². The zero-order chi connectivity index (χ0) is 6.62. The van der Waals surface area contributed by atoms with Crippen molar-refractivity contribution in [2.24, 2.45) is 0 Å². The molecule has 0 radical (unpaired) electrons. The first-order valence-corrected chi connectivity index (χ1v) is 7.43. The summed E-state index contributed by atoms with van der Waals surface area (Å²) in [6.07, 6.45) is -2.60. The summed E-state index contributed by atoms with van der Waals surface area (Å²) in [5.74, 6) is 1.82. The molecule has 0 aromatic rings. The molecule has 0 aliphatic rings. The van der Waals surface area contributed by atoms with Gasteiger partial charge in [-0.3, -0.25) is 0 Å². The third-order valence-electron chi connectivity index (χ3n) is 0.671. The van der Waals surface area contributed by atoms with Gasteiger partial charge in [-0.05, 0) is 0 Å². The van der Waals surface area contributed by atoms with Crippen LogP contribution in [0.1, 0.15) is 0 Å². The van der Waals surface area contributed by atoms with Crippen LogP contribution in [-0.4, -0.2) is 28.7 Å². The van der Waals surface area contributed by atoms with Crippen molar-refractivity contribution in [3.63, 3.8) is 0 Å². The van der Waals surface area contributed by atoms with E-state index in [-0.39, 0.29) is 14.5 Å². The molecule has 50 valence electrons. The van der Waals surface area contributed by atoms with E-state index in [1.165, 1.54) is 14.2 Å². The van der Waals surface area contributed by atoms with E-state index in [0.29, 0.717) is 0 Å². The van der Waals surface area contributed by atoms with E-state index in [9.17, 15) is 4.57 Å². The molecule has 0 aliphatic heterocycles. The summed E-state index contributed by atoms with van der Waals surface area (Å²) < 4.78 is 20.1. The van der Waals surface area contributed by atoms with Crippen LogP contribution in [-0.2, 0) is 13.6 Å². The molecule has 0 unspecified atom stereocenters. The molecule has 0 fully saturated rings. The Balaban J connectivity index is 3.79. The molecule has 5 heteroatoms. The molecular weight excluding hydrogens is 194 g/mol. The van der Waals surface area contributed by atoms with Crippen LogP contribution in [0.15, 0.2) is 0 Å². The van der Waals surface area contributed by atoms with Gasteiger partial charge < -0.3 is 0 Å². The summed E-state index contributed by atoms with van der Waals surface area (Å²) >= 11 is -0.0590. The fourth-order valence-electron chi connectivity index (χ4n) is 0.224. The van der Waals surface area contributed by atoms with E-state index in [4.69, 9.17) is 0 Å². The molecule has 0 aromatic carbocycles. The number of hydrogen-bond donors (Lipinski definition) is 0. The second-order valence-corrected chi connectivity index (χ2v) is 8.10. The standard InChI is InChI=1S/C3H9O3PSe/c1-5-7(4,6-2)8-3/h1-3H3. The third-order valence-corrected chi connectivity index (χ3v) is 6.70. The van der Waals surface area contributed by atoms with Gasteiger partial charge in [-0.15, -0.1) is 0 Å². The first-order chi connectivity index (χ1) is 3.68. The van der Waals surface area contributed by atoms with Gasteiger partial charge in [0.05, 0.1) is 0 Å². The van der Waals surface area contributed by atoms with Gasteiger partial charge in [0, 0.05) is 0 Å². The van der Waals surface area contributed by atoms with Gasteiger partial charge in [-0.1, -0.05) is 0 Å². The molecule has 0 atom stereocenters. The quantitative estimate of drug-likeness (QED) is 0.509. The zero-order valence-corrected chi connectivity index (χ0v) is 7.69. The third kappa shape index (κ3) is 2.29. The number of hydrogen-bond acceptors (Lipinski definition) is 3. The summed E-state index contributed by atoms with van der Waals surface area (Å²) in [6, 6.07) is 0. The van der Waals surface area contributed by atoms with Gasteiger partial charge in [0.15, 0.2) is 0 Å². The van der Waals surface area contributed by atoms with E-state index in [0.717, 1.165) is 0 Å². The molecule has 0 rings (SSSR count). The molecule has 0 saturated heterocycles. The SMILES string of the molecule is COP(=O)(OC)[Se]C. The van der Waals surface area contributed by atoms with E-state index >= 15 is 0 Å². The average Bonchev–Trinajstić information content (AvgIpc) is 1.87. The molecule has 0 bridgehead atoms. The number of rotatable bonds is 3. The molecule has 0 aliphatic carbocycles. The van der Waals surface area contributed by atoms with Crippen molar-refractivity contribution in [2.45, 2.75) is 5.82 Å². The summed E-state index contributed by atoms with van der Waals surface area (Å²) in [6.45, 7) is 0. The molecule has 0 spiro atoms. The maximum atomic E-state index is 10.9. The Morgan fingerprint density at radius 2 is 1.75 bits per heavy atom. The second kappa shape index (κ2) is 3.65. The molecule has 0 saturated carbocycles. The van der Waals surface area contributed by atoms with Gasteiger partial charge in [0.25, 0.3) is 0 Å². The Morgan fingerprint density at radius 3 is 1.75 bits per heavy atom. The van der Waals surface area contributed by atoms with Gasteiger partial charge in [0.2, 0.25) is 0 Å². The van der Waals surface area contributed by atoms with Crippen LogP contribution in [0.2, 0.25) is 5.82 Å². The Labute approximate surface area is 55.0 Å². The van der Waals surface area contributed by atoms with Crippen LogP contribution in [0.4, 0.5) is 0 Å². The molecule has 0 amide bonds. The summed E-state index contributed by atoms with van der Waals surface area (Å²) in [7, 11) is 2.80. The van der Waals surface area contributed by atoms with Crippen molar-refractivity contribution in [2.75, 3.05) is 14.2 Å². The Bertz CT molecular complexity index is 85.7. The minimum absolute atomic E-state index is 0.0590. The van der Waals surface area contributed by atoms with E-state index in [1.54, 1.807) is 0 Å². The first kappa shape index (κ1) is 8.67. The van der Waals surface area contributed by atoms with Crippen LogP contribution < -0.4 is 0 Å². The molecule has 0 heterocycles. The van der Waals surface area contributed by atoms with Crippen molar-refractivity contribution in [1.29, 1.82) is 0 Å². The van der Waals surface area contributed by atoms with Crippen LogP contribution in [0.3, 0.4) is 0 Å². The maximum absolute atomic E-state index is 10.9. The average molecular weight is 203 g/mol.